The SMILES string of the molecule is Cc1occc1-c1nnc(SC(C)C(=O)NC(=O)NC2CCCCC2)n1C. The number of hydrogen-bond acceptors (Lipinski definition) is 6. The van der Waals surface area contributed by atoms with Gasteiger partial charge < -0.3 is 14.3 Å². The summed E-state index contributed by atoms with van der Waals surface area (Å²) in [6, 6.07) is 1.57. The van der Waals surface area contributed by atoms with Crippen LogP contribution in [0.25, 0.3) is 11.4 Å². The van der Waals surface area contributed by atoms with E-state index in [0.717, 1.165) is 37.0 Å². The standard InChI is InChI=1S/C18H25N5O3S/c1-11-14(9-10-26-11)15-21-22-18(23(15)3)27-12(2)16(24)20-17(25)19-13-7-5-4-6-8-13/h9-10,12-13H,4-8H2,1-3H3,(H2,19,20,24,25). The third-order valence-corrected chi connectivity index (χ3v) is 5.90. The van der Waals surface area contributed by atoms with Gasteiger partial charge in [-0.1, -0.05) is 31.0 Å². The average molecular weight is 391 g/mol. The van der Waals surface area contributed by atoms with Crippen molar-refractivity contribution in [3.8, 4) is 11.4 Å². The van der Waals surface area contributed by atoms with Gasteiger partial charge in [-0.05, 0) is 32.8 Å². The zero-order chi connectivity index (χ0) is 19.4. The van der Waals surface area contributed by atoms with Crippen LogP contribution in [0, 0.1) is 6.92 Å². The molecule has 1 aliphatic carbocycles. The van der Waals surface area contributed by atoms with Gasteiger partial charge >= 0.3 is 6.03 Å². The number of furan rings is 1. The van der Waals surface area contributed by atoms with Crippen LogP contribution < -0.4 is 10.6 Å². The Morgan fingerprint density at radius 3 is 2.70 bits per heavy atom. The van der Waals surface area contributed by atoms with E-state index < -0.39 is 11.3 Å². The molecule has 146 valence electrons. The Kier molecular flexibility index (Phi) is 6.20. The number of aromatic nitrogens is 3. The van der Waals surface area contributed by atoms with Crippen molar-refractivity contribution < 1.29 is 14.0 Å². The van der Waals surface area contributed by atoms with Crippen molar-refractivity contribution in [2.24, 2.45) is 7.05 Å². The zero-order valence-corrected chi connectivity index (χ0v) is 16.6. The summed E-state index contributed by atoms with van der Waals surface area (Å²) < 4.78 is 7.13. The summed E-state index contributed by atoms with van der Waals surface area (Å²) in [6.45, 7) is 3.60. The summed E-state index contributed by atoms with van der Waals surface area (Å²) in [5, 5.41) is 13.8. The molecule has 1 unspecified atom stereocenters. The normalized spacial score (nSPS) is 16.1. The van der Waals surface area contributed by atoms with E-state index in [-0.39, 0.29) is 11.9 Å². The van der Waals surface area contributed by atoms with Gasteiger partial charge in [0.25, 0.3) is 0 Å². The molecule has 8 nitrogen and oxygen atoms in total. The van der Waals surface area contributed by atoms with E-state index in [2.05, 4.69) is 20.8 Å². The lowest BCUT2D eigenvalue weighted by molar-refractivity contribution is -0.119. The van der Waals surface area contributed by atoms with Crippen LogP contribution in [0.2, 0.25) is 0 Å². The monoisotopic (exact) mass is 391 g/mol. The Labute approximate surface area is 162 Å². The first-order valence-electron chi connectivity index (χ1n) is 9.17. The van der Waals surface area contributed by atoms with Gasteiger partial charge in [0.05, 0.1) is 17.1 Å². The number of amides is 3. The fourth-order valence-corrected chi connectivity index (χ4v) is 3.98. The molecule has 2 heterocycles. The molecule has 0 bridgehead atoms. The van der Waals surface area contributed by atoms with Crippen LogP contribution in [-0.4, -0.2) is 38.0 Å². The molecule has 0 spiro atoms. The fourth-order valence-electron chi connectivity index (χ4n) is 3.16. The van der Waals surface area contributed by atoms with Gasteiger partial charge in [0, 0.05) is 13.1 Å². The van der Waals surface area contributed by atoms with Gasteiger partial charge in [0.2, 0.25) is 5.91 Å². The van der Waals surface area contributed by atoms with E-state index in [0.29, 0.717) is 11.0 Å². The quantitative estimate of drug-likeness (QED) is 0.760. The molecule has 0 aromatic carbocycles. The Hall–Kier alpha value is -2.29. The molecule has 1 aliphatic rings. The average Bonchev–Trinajstić information content (AvgIpc) is 3.21. The van der Waals surface area contributed by atoms with Crippen LogP contribution in [0.1, 0.15) is 44.8 Å². The highest BCUT2D eigenvalue weighted by Gasteiger charge is 2.23. The second-order valence-electron chi connectivity index (χ2n) is 6.81. The summed E-state index contributed by atoms with van der Waals surface area (Å²) in [6.07, 6.45) is 7.01. The molecule has 27 heavy (non-hydrogen) atoms. The van der Waals surface area contributed by atoms with E-state index >= 15 is 0 Å². The fraction of sp³-hybridized carbons (Fsp3) is 0.556. The second kappa shape index (κ2) is 8.60. The number of thioether (sulfide) groups is 1. The predicted molar refractivity (Wildman–Crippen MR) is 102 cm³/mol. The van der Waals surface area contributed by atoms with E-state index in [1.54, 1.807) is 13.2 Å². The largest absolute Gasteiger partial charge is 0.469 e. The van der Waals surface area contributed by atoms with Crippen LogP contribution in [0.3, 0.4) is 0 Å². The van der Waals surface area contributed by atoms with Crippen LogP contribution >= 0.6 is 11.8 Å². The van der Waals surface area contributed by atoms with Crippen LogP contribution in [0.4, 0.5) is 4.79 Å². The molecule has 1 fully saturated rings. The summed E-state index contributed by atoms with van der Waals surface area (Å²) in [5.41, 5.74) is 0.862. The summed E-state index contributed by atoms with van der Waals surface area (Å²) in [7, 11) is 1.84. The van der Waals surface area contributed by atoms with Gasteiger partial charge in [-0.15, -0.1) is 10.2 Å². The molecule has 9 heteroatoms. The van der Waals surface area contributed by atoms with Crippen LogP contribution in [0.5, 0.6) is 0 Å². The van der Waals surface area contributed by atoms with E-state index in [1.165, 1.54) is 18.2 Å². The highest BCUT2D eigenvalue weighted by atomic mass is 32.2. The maximum Gasteiger partial charge on any atom is 0.321 e. The summed E-state index contributed by atoms with van der Waals surface area (Å²) in [4.78, 5) is 24.4. The topological polar surface area (TPSA) is 102 Å². The van der Waals surface area contributed by atoms with Crippen molar-refractivity contribution in [2.75, 3.05) is 0 Å². The molecule has 2 N–H and O–H groups in total. The van der Waals surface area contributed by atoms with Gasteiger partial charge in [-0.25, -0.2) is 4.79 Å². The Morgan fingerprint density at radius 1 is 1.30 bits per heavy atom. The number of carbonyl (C=O) groups is 2. The molecule has 1 saturated carbocycles. The van der Waals surface area contributed by atoms with Gasteiger partial charge in [0.1, 0.15) is 5.76 Å². The molecule has 3 rings (SSSR count). The lowest BCUT2D eigenvalue weighted by atomic mass is 9.96. The van der Waals surface area contributed by atoms with Gasteiger partial charge in [-0.3, -0.25) is 10.1 Å². The van der Waals surface area contributed by atoms with Crippen LogP contribution in [-0.2, 0) is 11.8 Å². The number of carbonyl (C=O) groups excluding carboxylic acids is 2. The molecule has 2 aromatic heterocycles. The first kappa shape index (κ1) is 19.5. The van der Waals surface area contributed by atoms with Crippen molar-refractivity contribution in [3.63, 3.8) is 0 Å². The second-order valence-corrected chi connectivity index (χ2v) is 8.12. The lowest BCUT2D eigenvalue weighted by Gasteiger charge is -2.23. The van der Waals surface area contributed by atoms with Crippen molar-refractivity contribution in [2.45, 2.75) is 62.4 Å². The number of hydrogen-bond donors (Lipinski definition) is 2. The van der Waals surface area contributed by atoms with E-state index in [9.17, 15) is 9.59 Å². The summed E-state index contributed by atoms with van der Waals surface area (Å²) >= 11 is 1.26. The molecule has 1 atom stereocenters. The smallest absolute Gasteiger partial charge is 0.321 e. The molecule has 0 aliphatic heterocycles. The lowest BCUT2D eigenvalue weighted by Crippen LogP contribution is -2.47. The minimum atomic E-state index is -0.483. The molecule has 0 saturated heterocycles. The van der Waals surface area contributed by atoms with E-state index in [1.807, 2.05) is 24.6 Å². The Balaban J connectivity index is 1.56. The third kappa shape index (κ3) is 4.71. The molecule has 2 aromatic rings. The predicted octanol–water partition coefficient (Wildman–Crippen LogP) is 3.02. The minimum Gasteiger partial charge on any atom is -0.469 e. The number of rotatable bonds is 5. The number of aryl methyl sites for hydroxylation is 1. The number of nitrogens with one attached hydrogen (secondary N) is 2. The number of imide groups is 1. The van der Waals surface area contributed by atoms with Crippen molar-refractivity contribution >= 4 is 23.7 Å². The first-order valence-corrected chi connectivity index (χ1v) is 10.1. The highest BCUT2D eigenvalue weighted by molar-refractivity contribution is 8.00. The molecular weight excluding hydrogens is 366 g/mol. The number of urea groups is 1. The number of nitrogens with zero attached hydrogens (tertiary/aromatic N) is 3. The zero-order valence-electron chi connectivity index (χ0n) is 15.8. The first-order chi connectivity index (χ1) is 13.0. The van der Waals surface area contributed by atoms with Crippen molar-refractivity contribution in [1.82, 2.24) is 25.4 Å². The molecular formula is C18H25N5O3S. The Morgan fingerprint density at radius 2 is 2.04 bits per heavy atom. The molecule has 0 radical (unpaired) electrons. The minimum absolute atomic E-state index is 0.161. The Bertz CT molecular complexity index is 810. The van der Waals surface area contributed by atoms with Crippen molar-refractivity contribution in [3.05, 3.63) is 18.1 Å². The van der Waals surface area contributed by atoms with Gasteiger partial charge in [-0.2, -0.15) is 0 Å². The maximum atomic E-state index is 12.3. The van der Waals surface area contributed by atoms with Gasteiger partial charge in [0.15, 0.2) is 11.0 Å². The van der Waals surface area contributed by atoms with Crippen molar-refractivity contribution in [1.29, 1.82) is 0 Å². The molecule has 3 amide bonds. The van der Waals surface area contributed by atoms with Crippen LogP contribution in [0.15, 0.2) is 21.9 Å². The van der Waals surface area contributed by atoms with E-state index in [4.69, 9.17) is 4.42 Å². The highest BCUT2D eigenvalue weighted by Crippen LogP contribution is 2.27. The summed E-state index contributed by atoms with van der Waals surface area (Å²) in [5.74, 6) is 1.08. The maximum absolute atomic E-state index is 12.3. The third-order valence-electron chi connectivity index (χ3n) is 4.76.